The summed E-state index contributed by atoms with van der Waals surface area (Å²) in [5.74, 6) is 0. The Morgan fingerprint density at radius 2 is 1.94 bits per heavy atom. The molecule has 0 radical (unpaired) electrons. The Bertz CT molecular complexity index is 379. The highest BCUT2D eigenvalue weighted by molar-refractivity contribution is 6.31. The van der Waals surface area contributed by atoms with Gasteiger partial charge in [-0.25, -0.2) is 0 Å². The molecule has 16 heavy (non-hydrogen) atoms. The third kappa shape index (κ3) is 2.87. The molecule has 0 bridgehead atoms. The quantitative estimate of drug-likeness (QED) is 0.851. The first-order valence-corrected chi connectivity index (χ1v) is 4.91. The summed E-state index contributed by atoms with van der Waals surface area (Å²) in [7, 11) is 0. The summed E-state index contributed by atoms with van der Waals surface area (Å²) < 4.78 is 37.2. The lowest BCUT2D eigenvalue weighted by molar-refractivity contribution is -0.137. The summed E-state index contributed by atoms with van der Waals surface area (Å²) in [6.07, 6.45) is -5.67. The molecule has 2 atom stereocenters. The topological polar surface area (TPSA) is 46.2 Å². The average Bonchev–Trinajstić information content (AvgIpc) is 2.15. The van der Waals surface area contributed by atoms with Crippen LogP contribution in [0.2, 0.25) is 5.02 Å². The van der Waals surface area contributed by atoms with Gasteiger partial charge in [0.1, 0.15) is 0 Å². The molecule has 2 nitrogen and oxygen atoms in total. The largest absolute Gasteiger partial charge is 0.416 e. The van der Waals surface area contributed by atoms with Gasteiger partial charge in [0.2, 0.25) is 0 Å². The summed E-state index contributed by atoms with van der Waals surface area (Å²) in [6, 6.07) is 2.09. The number of hydrogen-bond acceptors (Lipinski definition) is 2. The first-order chi connectivity index (χ1) is 7.23. The minimum absolute atomic E-state index is 0.00788. The minimum Gasteiger partial charge on any atom is -0.387 e. The summed E-state index contributed by atoms with van der Waals surface area (Å²) in [6.45, 7) is 1.49. The molecule has 0 aliphatic rings. The number of benzene rings is 1. The molecule has 0 heterocycles. The van der Waals surface area contributed by atoms with Gasteiger partial charge in [-0.15, -0.1) is 0 Å². The smallest absolute Gasteiger partial charge is 0.387 e. The monoisotopic (exact) mass is 253 g/mol. The zero-order valence-corrected chi connectivity index (χ0v) is 9.18. The van der Waals surface area contributed by atoms with Crippen molar-refractivity contribution < 1.29 is 18.3 Å². The lowest BCUT2D eigenvalue weighted by atomic mass is 10.0. The Balaban J connectivity index is 3.19. The highest BCUT2D eigenvalue weighted by atomic mass is 35.5. The van der Waals surface area contributed by atoms with E-state index in [9.17, 15) is 18.3 Å². The SMILES string of the molecule is CC(N)C(O)c1cc(C(F)(F)F)ccc1Cl. The molecule has 0 spiro atoms. The van der Waals surface area contributed by atoms with Crippen molar-refractivity contribution >= 4 is 11.6 Å². The van der Waals surface area contributed by atoms with Crippen molar-refractivity contribution in [1.29, 1.82) is 0 Å². The van der Waals surface area contributed by atoms with Crippen LogP contribution in [0.15, 0.2) is 18.2 Å². The summed E-state index contributed by atoms with van der Waals surface area (Å²) in [5.41, 5.74) is 4.54. The van der Waals surface area contributed by atoms with Crippen molar-refractivity contribution in [3.63, 3.8) is 0 Å². The van der Waals surface area contributed by atoms with Crippen molar-refractivity contribution in [1.82, 2.24) is 0 Å². The third-order valence-electron chi connectivity index (χ3n) is 2.14. The maximum absolute atomic E-state index is 12.4. The van der Waals surface area contributed by atoms with Crippen molar-refractivity contribution in [2.24, 2.45) is 5.73 Å². The Morgan fingerprint density at radius 3 is 2.38 bits per heavy atom. The van der Waals surface area contributed by atoms with Crippen LogP contribution < -0.4 is 5.73 Å². The number of hydrogen-bond donors (Lipinski definition) is 2. The van der Waals surface area contributed by atoms with Gasteiger partial charge < -0.3 is 10.8 Å². The normalized spacial score (nSPS) is 15.9. The predicted octanol–water partition coefficient (Wildman–Crippen LogP) is 2.74. The van der Waals surface area contributed by atoms with Crippen LogP contribution in [0.1, 0.15) is 24.2 Å². The van der Waals surface area contributed by atoms with E-state index >= 15 is 0 Å². The summed E-state index contributed by atoms with van der Waals surface area (Å²) in [4.78, 5) is 0. The molecule has 2 unspecified atom stereocenters. The van der Waals surface area contributed by atoms with Crippen LogP contribution in [0.25, 0.3) is 0 Å². The maximum Gasteiger partial charge on any atom is 0.416 e. The van der Waals surface area contributed by atoms with Gasteiger partial charge in [0.25, 0.3) is 0 Å². The van der Waals surface area contributed by atoms with E-state index < -0.39 is 23.9 Å². The van der Waals surface area contributed by atoms with Crippen LogP contribution in [0.3, 0.4) is 0 Å². The number of aliphatic hydroxyl groups excluding tert-OH is 1. The van der Waals surface area contributed by atoms with E-state index in [4.69, 9.17) is 17.3 Å². The fourth-order valence-corrected chi connectivity index (χ4v) is 1.46. The third-order valence-corrected chi connectivity index (χ3v) is 2.48. The molecular formula is C10H11ClF3NO. The van der Waals surface area contributed by atoms with Gasteiger partial charge in [-0.2, -0.15) is 13.2 Å². The molecular weight excluding hydrogens is 243 g/mol. The molecule has 1 rings (SSSR count). The molecule has 0 saturated carbocycles. The van der Waals surface area contributed by atoms with E-state index in [-0.39, 0.29) is 10.6 Å². The highest BCUT2D eigenvalue weighted by Crippen LogP contribution is 2.34. The van der Waals surface area contributed by atoms with Gasteiger partial charge in [-0.3, -0.25) is 0 Å². The first-order valence-electron chi connectivity index (χ1n) is 4.53. The summed E-state index contributed by atoms with van der Waals surface area (Å²) in [5, 5.41) is 9.66. The molecule has 0 saturated heterocycles. The highest BCUT2D eigenvalue weighted by Gasteiger charge is 2.31. The second-order valence-electron chi connectivity index (χ2n) is 3.54. The van der Waals surface area contributed by atoms with Gasteiger partial charge >= 0.3 is 6.18 Å². The molecule has 1 aromatic carbocycles. The van der Waals surface area contributed by atoms with Crippen LogP contribution in [-0.4, -0.2) is 11.1 Å². The van der Waals surface area contributed by atoms with Gasteiger partial charge in [0.05, 0.1) is 11.7 Å². The minimum atomic E-state index is -4.46. The number of nitrogens with two attached hydrogens (primary N) is 1. The second kappa shape index (κ2) is 4.61. The Morgan fingerprint density at radius 1 is 1.38 bits per heavy atom. The summed E-state index contributed by atoms with van der Waals surface area (Å²) >= 11 is 5.70. The molecule has 0 aliphatic carbocycles. The van der Waals surface area contributed by atoms with Gasteiger partial charge in [-0.1, -0.05) is 11.6 Å². The van der Waals surface area contributed by atoms with E-state index in [2.05, 4.69) is 0 Å². The van der Waals surface area contributed by atoms with Crippen molar-refractivity contribution in [3.05, 3.63) is 34.3 Å². The van der Waals surface area contributed by atoms with Gasteiger partial charge in [0, 0.05) is 16.6 Å². The molecule has 0 amide bonds. The standard InChI is InChI=1S/C10H11ClF3NO/c1-5(15)9(16)7-4-6(10(12,13)14)2-3-8(7)11/h2-5,9,16H,15H2,1H3. The molecule has 0 aromatic heterocycles. The maximum atomic E-state index is 12.4. The molecule has 0 fully saturated rings. The van der Waals surface area contributed by atoms with E-state index in [1.165, 1.54) is 6.92 Å². The van der Waals surface area contributed by atoms with Crippen LogP contribution in [-0.2, 0) is 6.18 Å². The molecule has 0 aliphatic heterocycles. The Hall–Kier alpha value is -0.780. The fourth-order valence-electron chi connectivity index (χ4n) is 1.23. The van der Waals surface area contributed by atoms with Crippen molar-refractivity contribution in [2.45, 2.75) is 25.2 Å². The van der Waals surface area contributed by atoms with Crippen LogP contribution in [0.4, 0.5) is 13.2 Å². The first kappa shape index (κ1) is 13.3. The van der Waals surface area contributed by atoms with Crippen molar-refractivity contribution in [2.75, 3.05) is 0 Å². The number of aliphatic hydroxyl groups is 1. The number of alkyl halides is 3. The van der Waals surface area contributed by atoms with E-state index in [1.807, 2.05) is 0 Å². The van der Waals surface area contributed by atoms with Crippen LogP contribution in [0.5, 0.6) is 0 Å². The fraction of sp³-hybridized carbons (Fsp3) is 0.400. The lowest BCUT2D eigenvalue weighted by Gasteiger charge is -2.18. The van der Waals surface area contributed by atoms with Crippen molar-refractivity contribution in [3.8, 4) is 0 Å². The molecule has 6 heteroatoms. The second-order valence-corrected chi connectivity index (χ2v) is 3.95. The van der Waals surface area contributed by atoms with E-state index in [0.29, 0.717) is 0 Å². The van der Waals surface area contributed by atoms with Gasteiger partial charge in [-0.05, 0) is 25.1 Å². The molecule has 3 N–H and O–H groups in total. The predicted molar refractivity (Wildman–Crippen MR) is 55.1 cm³/mol. The Labute approximate surface area is 95.8 Å². The average molecular weight is 254 g/mol. The lowest BCUT2D eigenvalue weighted by Crippen LogP contribution is -2.25. The Kier molecular flexibility index (Phi) is 3.83. The number of rotatable bonds is 2. The van der Waals surface area contributed by atoms with E-state index in [0.717, 1.165) is 18.2 Å². The molecule has 1 aromatic rings. The van der Waals surface area contributed by atoms with Crippen LogP contribution >= 0.6 is 11.6 Å². The zero-order chi connectivity index (χ0) is 12.5. The van der Waals surface area contributed by atoms with Crippen LogP contribution in [0, 0.1) is 0 Å². The van der Waals surface area contributed by atoms with E-state index in [1.54, 1.807) is 0 Å². The molecule has 90 valence electrons. The number of halogens is 4. The van der Waals surface area contributed by atoms with Gasteiger partial charge in [0.15, 0.2) is 0 Å². The zero-order valence-electron chi connectivity index (χ0n) is 8.42.